The van der Waals surface area contributed by atoms with E-state index in [4.69, 9.17) is 14.2 Å². The lowest BCUT2D eigenvalue weighted by atomic mass is 10.0. The Labute approximate surface area is 202 Å². The van der Waals surface area contributed by atoms with E-state index in [0.717, 1.165) is 0 Å². The molecule has 0 saturated carbocycles. The Morgan fingerprint density at radius 3 is 1.88 bits per heavy atom. The van der Waals surface area contributed by atoms with Gasteiger partial charge in [-0.25, -0.2) is 4.79 Å². The molecule has 0 spiro atoms. The summed E-state index contributed by atoms with van der Waals surface area (Å²) in [6, 6.07) is 14.6. The van der Waals surface area contributed by atoms with Crippen molar-refractivity contribution in [2.24, 2.45) is 0 Å². The third-order valence-corrected chi connectivity index (χ3v) is 7.41. The summed E-state index contributed by atoms with van der Waals surface area (Å²) in [5.74, 6) is 0.364. The van der Waals surface area contributed by atoms with Crippen LogP contribution in [0.4, 0.5) is 0 Å². The van der Waals surface area contributed by atoms with E-state index in [1.165, 1.54) is 39.5 Å². The van der Waals surface area contributed by atoms with Crippen molar-refractivity contribution in [1.82, 2.24) is 0 Å². The molecule has 0 amide bonds. The molecule has 32 heavy (non-hydrogen) atoms. The Morgan fingerprint density at radius 1 is 0.781 bits per heavy atom. The zero-order chi connectivity index (χ0) is 23.4. The Balaban J connectivity index is 2.11. The number of halogens is 2. The number of benzene rings is 3. The summed E-state index contributed by atoms with van der Waals surface area (Å²) in [5, 5.41) is 0.125. The van der Waals surface area contributed by atoms with Crippen LogP contribution >= 0.6 is 39.7 Å². The van der Waals surface area contributed by atoms with Crippen LogP contribution in [-0.2, 0) is 4.57 Å². The third-order valence-electron chi connectivity index (χ3n) is 4.67. The molecule has 0 heterocycles. The molecule has 9 heteroatoms. The molecule has 0 N–H and O–H groups in total. The van der Waals surface area contributed by atoms with Crippen LogP contribution in [0.5, 0.6) is 17.2 Å². The number of hydrogen-bond donors (Lipinski definition) is 0. The molecule has 3 aromatic rings. The standard InChI is InChI=1S/C23H18Br2O6P/c1-29-13-11-17(30-2)21(18(12-13)31-3)23(27)32(28)19-10-5-4-7-14(19)22(26)20-15(24)8-6-9-16(20)25/h4-12H,1-3H3/q+1. The second kappa shape index (κ2) is 10.4. The molecule has 3 rings (SSSR count). The van der Waals surface area contributed by atoms with Crippen molar-refractivity contribution in [3.05, 3.63) is 80.2 Å². The van der Waals surface area contributed by atoms with Gasteiger partial charge >= 0.3 is 13.3 Å². The van der Waals surface area contributed by atoms with Crippen LogP contribution in [0.3, 0.4) is 0 Å². The number of ketones is 1. The van der Waals surface area contributed by atoms with Crippen molar-refractivity contribution >= 4 is 56.3 Å². The van der Waals surface area contributed by atoms with Crippen LogP contribution in [0, 0.1) is 0 Å². The first-order chi connectivity index (χ1) is 15.3. The number of carbonyl (C=O) groups is 2. The maximum Gasteiger partial charge on any atom is 0.459 e. The number of methoxy groups -OCH3 is 3. The van der Waals surface area contributed by atoms with Gasteiger partial charge in [0.15, 0.2) is 11.3 Å². The van der Waals surface area contributed by atoms with Gasteiger partial charge in [-0.3, -0.25) is 4.79 Å². The van der Waals surface area contributed by atoms with Gasteiger partial charge in [-0.15, -0.1) is 0 Å². The van der Waals surface area contributed by atoms with E-state index in [1.54, 1.807) is 36.4 Å². The van der Waals surface area contributed by atoms with Crippen LogP contribution in [0.25, 0.3) is 0 Å². The predicted octanol–water partition coefficient (Wildman–Crippen LogP) is 5.76. The van der Waals surface area contributed by atoms with E-state index in [-0.39, 0.29) is 33.7 Å². The average Bonchev–Trinajstić information content (AvgIpc) is 2.81. The van der Waals surface area contributed by atoms with E-state index in [9.17, 15) is 14.2 Å². The summed E-state index contributed by atoms with van der Waals surface area (Å²) in [4.78, 5) is 26.7. The molecule has 0 aliphatic carbocycles. The highest BCUT2D eigenvalue weighted by Gasteiger charge is 2.41. The Morgan fingerprint density at radius 2 is 1.34 bits per heavy atom. The lowest BCUT2D eigenvalue weighted by molar-refractivity contribution is 0.103. The number of ether oxygens (including phenoxy) is 3. The van der Waals surface area contributed by atoms with E-state index >= 15 is 0 Å². The largest absolute Gasteiger partial charge is 0.496 e. The Hall–Kier alpha value is -2.54. The molecule has 164 valence electrons. The van der Waals surface area contributed by atoms with E-state index in [0.29, 0.717) is 20.3 Å². The second-order valence-corrected chi connectivity index (χ2v) is 9.63. The maximum atomic E-state index is 13.4. The van der Waals surface area contributed by atoms with Gasteiger partial charge in [-0.05, 0) is 56.1 Å². The topological polar surface area (TPSA) is 78.9 Å². The molecule has 1 atom stereocenters. The zero-order valence-electron chi connectivity index (χ0n) is 17.3. The SMILES string of the molecule is COc1cc(OC)c(C(=O)[P+](=O)c2ccccc2C(=O)c2c(Br)cccc2Br)c(OC)c1. The molecular weight excluding hydrogens is 563 g/mol. The van der Waals surface area contributed by atoms with Gasteiger partial charge in [-0.2, -0.15) is 0 Å². The van der Waals surface area contributed by atoms with Crippen LogP contribution in [0.15, 0.2) is 63.5 Å². The molecule has 0 aromatic heterocycles. The summed E-state index contributed by atoms with van der Waals surface area (Å²) < 4.78 is 30.5. The van der Waals surface area contributed by atoms with Crippen molar-refractivity contribution in [3.63, 3.8) is 0 Å². The normalized spacial score (nSPS) is 11.0. The van der Waals surface area contributed by atoms with Crippen molar-refractivity contribution in [2.45, 2.75) is 0 Å². The predicted molar refractivity (Wildman–Crippen MR) is 129 cm³/mol. The maximum absolute atomic E-state index is 13.4. The molecule has 6 nitrogen and oxygen atoms in total. The highest BCUT2D eigenvalue weighted by Crippen LogP contribution is 2.40. The molecule has 0 aliphatic heterocycles. The fourth-order valence-electron chi connectivity index (χ4n) is 3.12. The van der Waals surface area contributed by atoms with E-state index in [1.807, 2.05) is 0 Å². The van der Waals surface area contributed by atoms with Crippen LogP contribution in [0.1, 0.15) is 26.3 Å². The molecular formula is C23H18Br2O6P+. The molecule has 3 aromatic carbocycles. The van der Waals surface area contributed by atoms with E-state index in [2.05, 4.69) is 31.9 Å². The lowest BCUT2D eigenvalue weighted by Gasteiger charge is -2.11. The quantitative estimate of drug-likeness (QED) is 0.249. The van der Waals surface area contributed by atoms with Gasteiger partial charge < -0.3 is 14.2 Å². The van der Waals surface area contributed by atoms with Crippen molar-refractivity contribution < 1.29 is 28.4 Å². The third kappa shape index (κ3) is 4.63. The molecule has 0 radical (unpaired) electrons. The zero-order valence-corrected chi connectivity index (χ0v) is 21.4. The summed E-state index contributed by atoms with van der Waals surface area (Å²) >= 11 is 6.78. The first kappa shape index (κ1) is 24.1. The van der Waals surface area contributed by atoms with Gasteiger partial charge in [0, 0.05) is 21.1 Å². The number of rotatable bonds is 8. The summed E-state index contributed by atoms with van der Waals surface area (Å²) in [6.07, 6.45) is 0. The van der Waals surface area contributed by atoms with Gasteiger partial charge in [0.05, 0.1) is 32.5 Å². The molecule has 0 bridgehead atoms. The van der Waals surface area contributed by atoms with Crippen molar-refractivity contribution in [3.8, 4) is 17.2 Å². The first-order valence-corrected chi connectivity index (χ1v) is 12.1. The first-order valence-electron chi connectivity index (χ1n) is 9.23. The second-order valence-electron chi connectivity index (χ2n) is 6.45. The average molecular weight is 581 g/mol. The van der Waals surface area contributed by atoms with Gasteiger partial charge in [0.25, 0.3) is 0 Å². The molecule has 0 fully saturated rings. The Bertz CT molecular complexity index is 1180. The summed E-state index contributed by atoms with van der Waals surface area (Å²) in [6.45, 7) is 0. The fraction of sp³-hybridized carbons (Fsp3) is 0.130. The van der Waals surface area contributed by atoms with Crippen LogP contribution in [0.2, 0.25) is 0 Å². The highest BCUT2D eigenvalue weighted by molar-refractivity contribution is 9.11. The number of carbonyl (C=O) groups excluding carboxylic acids is 2. The minimum Gasteiger partial charge on any atom is -0.496 e. The molecule has 0 saturated heterocycles. The minimum atomic E-state index is -2.67. The van der Waals surface area contributed by atoms with E-state index < -0.39 is 13.3 Å². The molecule has 1 unspecified atom stereocenters. The smallest absolute Gasteiger partial charge is 0.459 e. The van der Waals surface area contributed by atoms with Crippen molar-refractivity contribution in [2.75, 3.05) is 21.3 Å². The van der Waals surface area contributed by atoms with Crippen molar-refractivity contribution in [1.29, 1.82) is 0 Å². The lowest BCUT2D eigenvalue weighted by Crippen LogP contribution is -2.17. The minimum absolute atomic E-state index is 0.0150. The van der Waals surface area contributed by atoms with Gasteiger partial charge in [0.1, 0.15) is 17.2 Å². The van der Waals surface area contributed by atoms with Gasteiger partial charge in [-0.1, -0.05) is 22.8 Å². The van der Waals surface area contributed by atoms with Gasteiger partial charge in [0.2, 0.25) is 5.30 Å². The fourth-order valence-corrected chi connectivity index (χ4v) is 5.74. The van der Waals surface area contributed by atoms with Crippen LogP contribution < -0.4 is 19.5 Å². The summed E-state index contributed by atoms with van der Waals surface area (Å²) in [7, 11) is 1.57. The summed E-state index contributed by atoms with van der Waals surface area (Å²) in [5.41, 5.74) is -0.166. The Kier molecular flexibility index (Phi) is 7.82. The number of hydrogen-bond acceptors (Lipinski definition) is 6. The highest BCUT2D eigenvalue weighted by atomic mass is 79.9. The molecule has 0 aliphatic rings. The monoisotopic (exact) mass is 579 g/mol. The van der Waals surface area contributed by atoms with Crippen LogP contribution in [-0.4, -0.2) is 32.6 Å².